The van der Waals surface area contributed by atoms with Crippen LogP contribution in [0, 0.1) is 0 Å². The van der Waals surface area contributed by atoms with E-state index in [-0.39, 0.29) is 10.5 Å². The summed E-state index contributed by atoms with van der Waals surface area (Å²) in [6, 6.07) is 7.61. The second-order valence-electron chi connectivity index (χ2n) is 6.07. The summed E-state index contributed by atoms with van der Waals surface area (Å²) in [5.74, 6) is 0.762. The molecule has 2 aliphatic heterocycles. The van der Waals surface area contributed by atoms with Gasteiger partial charge >= 0.3 is 0 Å². The second-order valence-corrected chi connectivity index (χ2v) is 8.58. The van der Waals surface area contributed by atoms with Crippen molar-refractivity contribution in [3.05, 3.63) is 29.8 Å². The molecule has 5 heteroatoms. The monoisotopic (exact) mass is 296 g/mol. The summed E-state index contributed by atoms with van der Waals surface area (Å²) >= 11 is 0. The fraction of sp³-hybridized carbons (Fsp3) is 0.600. The van der Waals surface area contributed by atoms with Crippen molar-refractivity contribution in [1.29, 1.82) is 0 Å². The minimum absolute atomic E-state index is 0.350. The number of methoxy groups -OCH3 is 1. The Morgan fingerprint density at radius 3 is 2.55 bits per heavy atom. The number of aliphatic hydroxyl groups is 1. The molecule has 1 aromatic rings. The minimum atomic E-state index is -2.99. The molecule has 110 valence electrons. The maximum Gasteiger partial charge on any atom is 0.156 e. The zero-order valence-corrected chi connectivity index (χ0v) is 12.4. The van der Waals surface area contributed by atoms with Gasteiger partial charge in [0.1, 0.15) is 5.75 Å². The average Bonchev–Trinajstić information content (AvgIpc) is 2.59. The first-order valence-corrected chi connectivity index (χ1v) is 8.62. The minimum Gasteiger partial charge on any atom is -0.497 e. The van der Waals surface area contributed by atoms with Crippen LogP contribution in [0.2, 0.25) is 0 Å². The van der Waals surface area contributed by atoms with Crippen LogP contribution in [0.5, 0.6) is 5.75 Å². The Balaban J connectivity index is 1.81. The summed E-state index contributed by atoms with van der Waals surface area (Å²) in [6.07, 6.45) is 2.62. The van der Waals surface area contributed by atoms with Crippen LogP contribution < -0.4 is 4.74 Å². The summed E-state index contributed by atoms with van der Waals surface area (Å²) in [5, 5.41) is 10.1. The number of rotatable bonds is 3. The first kappa shape index (κ1) is 13.9. The summed E-state index contributed by atoms with van der Waals surface area (Å²) in [7, 11) is -1.38. The van der Waals surface area contributed by atoms with Gasteiger partial charge in [-0.05, 0) is 43.4 Å². The van der Waals surface area contributed by atoms with Crippen LogP contribution in [0.25, 0.3) is 0 Å². The summed E-state index contributed by atoms with van der Waals surface area (Å²) < 4.78 is 29.4. The Kier molecular flexibility index (Phi) is 3.29. The zero-order valence-electron chi connectivity index (χ0n) is 11.6. The van der Waals surface area contributed by atoms with Crippen molar-refractivity contribution in [2.24, 2.45) is 0 Å². The quantitative estimate of drug-likeness (QED) is 0.922. The topological polar surface area (TPSA) is 63.6 Å². The van der Waals surface area contributed by atoms with Gasteiger partial charge in [-0.15, -0.1) is 0 Å². The van der Waals surface area contributed by atoms with Gasteiger partial charge in [0, 0.05) is 6.42 Å². The van der Waals surface area contributed by atoms with Crippen molar-refractivity contribution in [2.45, 2.75) is 48.2 Å². The molecule has 2 unspecified atom stereocenters. The van der Waals surface area contributed by atoms with Crippen molar-refractivity contribution < 1.29 is 18.3 Å². The molecule has 4 nitrogen and oxygen atoms in total. The van der Waals surface area contributed by atoms with Crippen molar-refractivity contribution in [3.63, 3.8) is 0 Å². The van der Waals surface area contributed by atoms with E-state index < -0.39 is 15.4 Å². The van der Waals surface area contributed by atoms with Crippen LogP contribution >= 0.6 is 0 Å². The SMILES string of the molecule is COc1cccc(CC2(O)CC3CCC(C2)S3(=O)=O)c1. The molecule has 0 radical (unpaired) electrons. The van der Waals surface area contributed by atoms with Gasteiger partial charge in [-0.25, -0.2) is 8.42 Å². The van der Waals surface area contributed by atoms with Crippen LogP contribution in [0.1, 0.15) is 31.2 Å². The Bertz CT molecular complexity index is 588. The molecule has 2 aliphatic rings. The predicted molar refractivity (Wildman–Crippen MR) is 76.6 cm³/mol. The molecule has 0 saturated carbocycles. The van der Waals surface area contributed by atoms with E-state index in [4.69, 9.17) is 4.74 Å². The van der Waals surface area contributed by atoms with Gasteiger partial charge < -0.3 is 9.84 Å². The highest BCUT2D eigenvalue weighted by Gasteiger charge is 2.52. The summed E-state index contributed by atoms with van der Waals surface area (Å²) in [6.45, 7) is 0. The standard InChI is InChI=1S/C15H20O4S/c1-19-12-4-2-3-11(7-12)8-15(16)9-13-5-6-14(10-15)20(13,17)18/h2-4,7,13-14,16H,5-6,8-10H2,1H3. The predicted octanol–water partition coefficient (Wildman–Crippen LogP) is 1.71. The molecule has 3 rings (SSSR count). The van der Waals surface area contributed by atoms with Crippen LogP contribution in [0.4, 0.5) is 0 Å². The van der Waals surface area contributed by atoms with Crippen molar-refractivity contribution in [3.8, 4) is 5.75 Å². The molecular weight excluding hydrogens is 276 g/mol. The molecule has 1 aromatic carbocycles. The molecule has 2 atom stereocenters. The number of sulfone groups is 1. The Labute approximate surface area is 119 Å². The first-order chi connectivity index (χ1) is 9.43. The average molecular weight is 296 g/mol. The number of hydrogen-bond donors (Lipinski definition) is 1. The molecule has 20 heavy (non-hydrogen) atoms. The van der Waals surface area contributed by atoms with Gasteiger partial charge in [-0.2, -0.15) is 0 Å². The largest absolute Gasteiger partial charge is 0.497 e. The highest BCUT2D eigenvalue weighted by molar-refractivity contribution is 7.93. The van der Waals surface area contributed by atoms with Crippen molar-refractivity contribution >= 4 is 9.84 Å². The molecule has 2 saturated heterocycles. The third kappa shape index (κ3) is 2.33. The molecular formula is C15H20O4S. The van der Waals surface area contributed by atoms with Gasteiger partial charge in [-0.3, -0.25) is 0 Å². The second kappa shape index (κ2) is 4.74. The van der Waals surface area contributed by atoms with Crippen molar-refractivity contribution in [2.75, 3.05) is 7.11 Å². The zero-order chi connectivity index (χ0) is 14.4. The van der Waals surface area contributed by atoms with Gasteiger partial charge in [0.25, 0.3) is 0 Å². The lowest BCUT2D eigenvalue weighted by Gasteiger charge is -2.36. The Hall–Kier alpha value is -1.07. The van der Waals surface area contributed by atoms with E-state index in [2.05, 4.69) is 0 Å². The first-order valence-electron chi connectivity index (χ1n) is 7.01. The maximum atomic E-state index is 12.1. The maximum absolute atomic E-state index is 12.1. The molecule has 0 amide bonds. The molecule has 2 bridgehead atoms. The molecule has 2 heterocycles. The van der Waals surface area contributed by atoms with E-state index in [0.717, 1.165) is 11.3 Å². The van der Waals surface area contributed by atoms with Crippen molar-refractivity contribution in [1.82, 2.24) is 0 Å². The van der Waals surface area contributed by atoms with E-state index in [1.807, 2.05) is 24.3 Å². The summed E-state index contributed by atoms with van der Waals surface area (Å²) in [4.78, 5) is 0. The fourth-order valence-corrected chi connectivity index (χ4v) is 6.21. The number of fused-ring (bicyclic) bond motifs is 2. The van der Waals surface area contributed by atoms with E-state index >= 15 is 0 Å². The number of benzene rings is 1. The molecule has 1 N–H and O–H groups in total. The molecule has 0 aliphatic carbocycles. The lowest BCUT2D eigenvalue weighted by atomic mass is 9.87. The van der Waals surface area contributed by atoms with E-state index in [1.165, 1.54) is 0 Å². The van der Waals surface area contributed by atoms with Crippen LogP contribution in [-0.4, -0.2) is 36.7 Å². The Morgan fingerprint density at radius 2 is 1.95 bits per heavy atom. The smallest absolute Gasteiger partial charge is 0.156 e. The van der Waals surface area contributed by atoms with E-state index in [1.54, 1.807) is 7.11 Å². The van der Waals surface area contributed by atoms with Gasteiger partial charge in [0.05, 0.1) is 23.2 Å². The highest BCUT2D eigenvalue weighted by atomic mass is 32.2. The lowest BCUT2D eigenvalue weighted by molar-refractivity contribution is 0.0219. The third-order valence-corrected chi connectivity index (χ3v) is 7.29. The van der Waals surface area contributed by atoms with Crippen LogP contribution in [0.3, 0.4) is 0 Å². The highest BCUT2D eigenvalue weighted by Crippen LogP contribution is 2.44. The Morgan fingerprint density at radius 1 is 1.30 bits per heavy atom. The number of hydrogen-bond acceptors (Lipinski definition) is 4. The van der Waals surface area contributed by atoms with E-state index in [0.29, 0.717) is 32.1 Å². The molecule has 0 aromatic heterocycles. The fourth-order valence-electron chi connectivity index (χ4n) is 3.65. The van der Waals surface area contributed by atoms with Gasteiger partial charge in [-0.1, -0.05) is 12.1 Å². The molecule has 2 fully saturated rings. The molecule has 0 spiro atoms. The normalized spacial score (nSPS) is 34.9. The van der Waals surface area contributed by atoms with Crippen LogP contribution in [0.15, 0.2) is 24.3 Å². The van der Waals surface area contributed by atoms with Gasteiger partial charge in [0.15, 0.2) is 9.84 Å². The van der Waals surface area contributed by atoms with E-state index in [9.17, 15) is 13.5 Å². The number of ether oxygens (including phenoxy) is 1. The van der Waals surface area contributed by atoms with Crippen LogP contribution in [-0.2, 0) is 16.3 Å². The third-order valence-electron chi connectivity index (χ3n) is 4.62. The lowest BCUT2D eigenvalue weighted by Crippen LogP contribution is -2.46. The summed E-state index contributed by atoms with van der Waals surface area (Å²) in [5.41, 5.74) is 0.0920. The van der Waals surface area contributed by atoms with Gasteiger partial charge in [0.2, 0.25) is 0 Å².